The first-order chi connectivity index (χ1) is 8.29. The third-order valence-corrected chi connectivity index (χ3v) is 4.46. The summed E-state index contributed by atoms with van der Waals surface area (Å²) in [7, 11) is 2.31. The predicted octanol–water partition coefficient (Wildman–Crippen LogP) is 2.89. The number of hydrogen-bond acceptors (Lipinski definition) is 2. The lowest BCUT2D eigenvalue weighted by Crippen LogP contribution is -2.35. The molecule has 0 amide bonds. The largest absolute Gasteiger partial charge is 0.314 e. The van der Waals surface area contributed by atoms with Crippen molar-refractivity contribution in [2.45, 2.75) is 57.9 Å². The van der Waals surface area contributed by atoms with Gasteiger partial charge in [-0.1, -0.05) is 13.3 Å². The Morgan fingerprint density at radius 3 is 2.71 bits per heavy atom. The van der Waals surface area contributed by atoms with Gasteiger partial charge in [-0.15, -0.1) is 0 Å². The molecule has 2 unspecified atom stereocenters. The van der Waals surface area contributed by atoms with E-state index in [1.807, 2.05) is 0 Å². The van der Waals surface area contributed by atoms with Crippen molar-refractivity contribution in [1.29, 1.82) is 0 Å². The van der Waals surface area contributed by atoms with Gasteiger partial charge in [0.25, 0.3) is 0 Å². The van der Waals surface area contributed by atoms with Crippen LogP contribution in [0.4, 0.5) is 0 Å². The van der Waals surface area contributed by atoms with Crippen LogP contribution in [-0.4, -0.2) is 37.6 Å². The highest BCUT2D eigenvalue weighted by Crippen LogP contribution is 2.31. The smallest absolute Gasteiger partial charge is 0.00958 e. The lowest BCUT2D eigenvalue weighted by atomic mass is 9.99. The molecule has 0 bridgehead atoms. The quantitative estimate of drug-likeness (QED) is 0.699. The van der Waals surface area contributed by atoms with Crippen LogP contribution in [0.15, 0.2) is 0 Å². The van der Waals surface area contributed by atoms with Crippen molar-refractivity contribution in [3.05, 3.63) is 0 Å². The fraction of sp³-hybridized carbons (Fsp3) is 1.00. The molecule has 2 atom stereocenters. The summed E-state index contributed by atoms with van der Waals surface area (Å²) in [4.78, 5) is 2.56. The third kappa shape index (κ3) is 4.59. The van der Waals surface area contributed by atoms with E-state index < -0.39 is 0 Å². The molecule has 0 aromatic heterocycles. The molecule has 100 valence electrons. The fourth-order valence-electron chi connectivity index (χ4n) is 3.20. The molecule has 2 heteroatoms. The topological polar surface area (TPSA) is 15.3 Å². The van der Waals surface area contributed by atoms with Crippen LogP contribution >= 0.6 is 0 Å². The monoisotopic (exact) mass is 238 g/mol. The summed E-state index contributed by atoms with van der Waals surface area (Å²) in [5.41, 5.74) is 0. The van der Waals surface area contributed by atoms with E-state index in [0.717, 1.165) is 17.9 Å². The van der Waals surface area contributed by atoms with Crippen LogP contribution in [0, 0.1) is 11.8 Å². The van der Waals surface area contributed by atoms with Gasteiger partial charge >= 0.3 is 0 Å². The first kappa shape index (κ1) is 13.4. The Morgan fingerprint density at radius 1 is 1.18 bits per heavy atom. The van der Waals surface area contributed by atoms with Gasteiger partial charge in [-0.2, -0.15) is 0 Å². The Bertz CT molecular complexity index is 213. The summed E-state index contributed by atoms with van der Waals surface area (Å²) in [5.74, 6) is 1.99. The van der Waals surface area contributed by atoms with E-state index in [-0.39, 0.29) is 0 Å². The number of rotatable bonds is 8. The molecule has 0 heterocycles. The van der Waals surface area contributed by atoms with Crippen LogP contribution in [0.1, 0.15) is 51.9 Å². The highest BCUT2D eigenvalue weighted by molar-refractivity contribution is 4.84. The molecular weight excluding hydrogens is 208 g/mol. The molecule has 2 aliphatic rings. The molecule has 0 aliphatic heterocycles. The SMILES string of the molecule is CCCNC1CCCC1CCN(C)CC1CC1. The van der Waals surface area contributed by atoms with E-state index in [1.54, 1.807) is 0 Å². The van der Waals surface area contributed by atoms with Crippen molar-refractivity contribution in [3.8, 4) is 0 Å². The minimum atomic E-state index is 0.823. The molecule has 1 N–H and O–H groups in total. The zero-order valence-electron chi connectivity index (χ0n) is 11.8. The van der Waals surface area contributed by atoms with Gasteiger partial charge in [0.15, 0.2) is 0 Å². The standard InChI is InChI=1S/C15H30N2/c1-3-10-16-15-6-4-5-14(15)9-11-17(2)12-13-7-8-13/h13-16H,3-12H2,1-2H3. The molecule has 2 saturated carbocycles. The van der Waals surface area contributed by atoms with Crippen molar-refractivity contribution in [1.82, 2.24) is 10.2 Å². The fourth-order valence-corrected chi connectivity index (χ4v) is 3.20. The summed E-state index contributed by atoms with van der Waals surface area (Å²) in [6, 6.07) is 0.823. The number of nitrogens with one attached hydrogen (secondary N) is 1. The van der Waals surface area contributed by atoms with Crippen LogP contribution in [0.5, 0.6) is 0 Å². The van der Waals surface area contributed by atoms with Crippen LogP contribution in [0.25, 0.3) is 0 Å². The average molecular weight is 238 g/mol. The van der Waals surface area contributed by atoms with Crippen molar-refractivity contribution in [3.63, 3.8) is 0 Å². The van der Waals surface area contributed by atoms with E-state index >= 15 is 0 Å². The second-order valence-electron chi connectivity index (χ2n) is 6.25. The second kappa shape index (κ2) is 6.75. The van der Waals surface area contributed by atoms with Gasteiger partial charge in [0.05, 0.1) is 0 Å². The summed E-state index contributed by atoms with van der Waals surface area (Å²) in [6.07, 6.45) is 9.95. The summed E-state index contributed by atoms with van der Waals surface area (Å²) in [5, 5.41) is 3.74. The van der Waals surface area contributed by atoms with Gasteiger partial charge in [0.1, 0.15) is 0 Å². The van der Waals surface area contributed by atoms with Crippen LogP contribution in [0.2, 0.25) is 0 Å². The lowest BCUT2D eigenvalue weighted by molar-refractivity contribution is 0.273. The molecule has 0 saturated heterocycles. The molecular formula is C15H30N2. The third-order valence-electron chi connectivity index (χ3n) is 4.46. The number of hydrogen-bond donors (Lipinski definition) is 1. The van der Waals surface area contributed by atoms with Gasteiger partial charge in [0.2, 0.25) is 0 Å². The van der Waals surface area contributed by atoms with Gasteiger partial charge in [-0.05, 0) is 70.5 Å². The van der Waals surface area contributed by atoms with Crippen molar-refractivity contribution in [2.24, 2.45) is 11.8 Å². The first-order valence-electron chi connectivity index (χ1n) is 7.71. The first-order valence-corrected chi connectivity index (χ1v) is 7.71. The Labute approximate surface area is 107 Å². The molecule has 0 radical (unpaired) electrons. The Hall–Kier alpha value is -0.0800. The van der Waals surface area contributed by atoms with E-state index in [4.69, 9.17) is 0 Å². The highest BCUT2D eigenvalue weighted by Gasteiger charge is 2.27. The zero-order chi connectivity index (χ0) is 12.1. The van der Waals surface area contributed by atoms with E-state index in [9.17, 15) is 0 Å². The van der Waals surface area contributed by atoms with E-state index in [1.165, 1.54) is 64.6 Å². The Morgan fingerprint density at radius 2 is 2.00 bits per heavy atom. The molecule has 0 aromatic rings. The average Bonchev–Trinajstić information content (AvgIpc) is 3.01. The summed E-state index contributed by atoms with van der Waals surface area (Å²) in [6.45, 7) is 6.13. The van der Waals surface area contributed by atoms with Gasteiger partial charge < -0.3 is 10.2 Å². The van der Waals surface area contributed by atoms with E-state index in [0.29, 0.717) is 0 Å². The Kier molecular flexibility index (Phi) is 5.30. The lowest BCUT2D eigenvalue weighted by Gasteiger charge is -2.24. The molecule has 0 aromatic carbocycles. The van der Waals surface area contributed by atoms with Crippen molar-refractivity contribution < 1.29 is 0 Å². The summed E-state index contributed by atoms with van der Waals surface area (Å²) < 4.78 is 0. The minimum absolute atomic E-state index is 0.823. The van der Waals surface area contributed by atoms with E-state index in [2.05, 4.69) is 24.2 Å². The molecule has 2 rings (SSSR count). The predicted molar refractivity (Wildman–Crippen MR) is 74.3 cm³/mol. The van der Waals surface area contributed by atoms with Gasteiger partial charge in [0, 0.05) is 12.6 Å². The van der Waals surface area contributed by atoms with Gasteiger partial charge in [-0.25, -0.2) is 0 Å². The van der Waals surface area contributed by atoms with Crippen molar-refractivity contribution in [2.75, 3.05) is 26.7 Å². The number of nitrogens with zero attached hydrogens (tertiary/aromatic N) is 1. The van der Waals surface area contributed by atoms with Crippen LogP contribution in [-0.2, 0) is 0 Å². The minimum Gasteiger partial charge on any atom is -0.314 e. The highest BCUT2D eigenvalue weighted by atomic mass is 15.1. The molecule has 2 fully saturated rings. The Balaban J connectivity index is 1.62. The molecule has 0 spiro atoms. The second-order valence-corrected chi connectivity index (χ2v) is 6.25. The maximum Gasteiger partial charge on any atom is 0.00958 e. The molecule has 17 heavy (non-hydrogen) atoms. The maximum atomic E-state index is 3.74. The van der Waals surface area contributed by atoms with Crippen molar-refractivity contribution >= 4 is 0 Å². The maximum absolute atomic E-state index is 3.74. The summed E-state index contributed by atoms with van der Waals surface area (Å²) >= 11 is 0. The zero-order valence-corrected chi connectivity index (χ0v) is 11.8. The normalized spacial score (nSPS) is 29.1. The van der Waals surface area contributed by atoms with Crippen LogP contribution in [0.3, 0.4) is 0 Å². The molecule has 2 nitrogen and oxygen atoms in total. The molecule has 2 aliphatic carbocycles. The van der Waals surface area contributed by atoms with Gasteiger partial charge in [-0.3, -0.25) is 0 Å². The van der Waals surface area contributed by atoms with Crippen LogP contribution < -0.4 is 5.32 Å².